The van der Waals surface area contributed by atoms with Gasteiger partial charge in [-0.1, -0.05) is 57.2 Å². The Kier molecular flexibility index (Phi) is 24.4. The number of rotatable bonds is 28. The first-order chi connectivity index (χ1) is 17.9. The molecule has 0 fully saturated rings. The number of aliphatic hydroxyl groups excluding tert-OH is 1. The van der Waals surface area contributed by atoms with Crippen LogP contribution in [0.25, 0.3) is 0 Å². The maximum absolute atomic E-state index is 8.57. The molecular formula is C28H50O8. The number of para-hydroxylation sites is 1. The normalized spacial score (nSPS) is 11.3. The van der Waals surface area contributed by atoms with E-state index in [-0.39, 0.29) is 6.61 Å². The molecule has 0 saturated carbocycles. The summed E-state index contributed by atoms with van der Waals surface area (Å²) in [5.74, 6) is 0.975. The van der Waals surface area contributed by atoms with Crippen LogP contribution in [0.5, 0.6) is 5.75 Å². The van der Waals surface area contributed by atoms with Gasteiger partial charge in [-0.05, 0) is 24.5 Å². The van der Waals surface area contributed by atoms with E-state index in [2.05, 4.69) is 19.1 Å². The molecule has 0 spiro atoms. The maximum Gasteiger partial charge on any atom is 0.122 e. The Morgan fingerprint density at radius 1 is 0.528 bits per heavy atom. The molecule has 0 amide bonds. The lowest BCUT2D eigenvalue weighted by Crippen LogP contribution is -2.15. The van der Waals surface area contributed by atoms with Gasteiger partial charge in [0.05, 0.1) is 85.9 Å². The van der Waals surface area contributed by atoms with Gasteiger partial charge in [0.2, 0.25) is 0 Å². The molecule has 0 saturated heterocycles. The number of aliphatic hydroxyl groups is 1. The lowest BCUT2D eigenvalue weighted by atomic mass is 10.0. The Balaban J connectivity index is 1.85. The predicted octanol–water partition coefficient (Wildman–Crippen LogP) is 4.06. The smallest absolute Gasteiger partial charge is 0.122 e. The topological polar surface area (TPSA) is 84.8 Å². The zero-order valence-corrected chi connectivity index (χ0v) is 22.5. The van der Waals surface area contributed by atoms with Crippen LogP contribution in [0.2, 0.25) is 0 Å². The molecule has 8 nitrogen and oxygen atoms in total. The lowest BCUT2D eigenvalue weighted by Gasteiger charge is -2.12. The first kappa shape index (κ1) is 32.8. The first-order valence-electron chi connectivity index (χ1n) is 13.7. The van der Waals surface area contributed by atoms with Crippen molar-refractivity contribution in [2.24, 2.45) is 0 Å². The number of hydrogen-bond acceptors (Lipinski definition) is 8. The van der Waals surface area contributed by atoms with Gasteiger partial charge in [0.15, 0.2) is 0 Å². The van der Waals surface area contributed by atoms with Gasteiger partial charge in [0.25, 0.3) is 0 Å². The van der Waals surface area contributed by atoms with Crippen molar-refractivity contribution in [3.63, 3.8) is 0 Å². The Morgan fingerprint density at radius 2 is 0.972 bits per heavy atom. The molecule has 1 aromatic rings. The van der Waals surface area contributed by atoms with E-state index in [0.29, 0.717) is 85.9 Å². The van der Waals surface area contributed by atoms with Crippen molar-refractivity contribution in [1.82, 2.24) is 0 Å². The van der Waals surface area contributed by atoms with E-state index in [9.17, 15) is 0 Å². The minimum absolute atomic E-state index is 0.0344. The van der Waals surface area contributed by atoms with Gasteiger partial charge >= 0.3 is 0 Å². The number of hydrogen-bond donors (Lipinski definition) is 1. The number of unbranched alkanes of at least 4 members (excludes halogenated alkanes) is 5. The Hall–Kier alpha value is -1.26. The summed E-state index contributed by atoms with van der Waals surface area (Å²) in [7, 11) is 0. The van der Waals surface area contributed by atoms with Crippen LogP contribution in [0.1, 0.15) is 51.0 Å². The van der Waals surface area contributed by atoms with Crippen LogP contribution in [0, 0.1) is 0 Å². The summed E-state index contributed by atoms with van der Waals surface area (Å²) in [6.07, 6.45) is 8.88. The van der Waals surface area contributed by atoms with Crippen LogP contribution in [0.3, 0.4) is 0 Å². The Bertz CT molecular complexity index is 572. The molecule has 0 unspecified atom stereocenters. The highest BCUT2D eigenvalue weighted by Crippen LogP contribution is 2.20. The highest BCUT2D eigenvalue weighted by Gasteiger charge is 2.03. The van der Waals surface area contributed by atoms with E-state index in [4.69, 9.17) is 38.3 Å². The average molecular weight is 515 g/mol. The van der Waals surface area contributed by atoms with E-state index >= 15 is 0 Å². The molecule has 210 valence electrons. The van der Waals surface area contributed by atoms with Gasteiger partial charge in [-0.25, -0.2) is 0 Å². The first-order valence-corrected chi connectivity index (χ1v) is 13.7. The molecule has 1 N–H and O–H groups in total. The molecule has 0 heterocycles. The fraction of sp³-hybridized carbons (Fsp3) is 0.786. The monoisotopic (exact) mass is 514 g/mol. The molecule has 1 aromatic carbocycles. The van der Waals surface area contributed by atoms with E-state index in [1.54, 1.807) is 0 Å². The van der Waals surface area contributed by atoms with E-state index < -0.39 is 0 Å². The van der Waals surface area contributed by atoms with Gasteiger partial charge < -0.3 is 38.3 Å². The van der Waals surface area contributed by atoms with Crippen LogP contribution in [0.15, 0.2) is 24.3 Å². The third-order valence-corrected chi connectivity index (χ3v) is 5.35. The zero-order valence-electron chi connectivity index (χ0n) is 22.5. The molecule has 0 bridgehead atoms. The average Bonchev–Trinajstić information content (AvgIpc) is 2.90. The highest BCUT2D eigenvalue weighted by molar-refractivity contribution is 5.33. The van der Waals surface area contributed by atoms with Gasteiger partial charge in [0.1, 0.15) is 12.4 Å². The summed E-state index contributed by atoms with van der Waals surface area (Å²) in [6.45, 7) is 8.92. The number of benzene rings is 1. The van der Waals surface area contributed by atoms with Crippen molar-refractivity contribution in [1.29, 1.82) is 0 Å². The van der Waals surface area contributed by atoms with Crippen molar-refractivity contribution in [2.75, 3.05) is 92.5 Å². The molecule has 0 aromatic heterocycles. The third-order valence-electron chi connectivity index (χ3n) is 5.35. The number of ether oxygens (including phenoxy) is 7. The minimum atomic E-state index is 0.0344. The summed E-state index contributed by atoms with van der Waals surface area (Å²) in [5.41, 5.74) is 1.29. The second kappa shape index (κ2) is 26.8. The van der Waals surface area contributed by atoms with Crippen LogP contribution >= 0.6 is 0 Å². The largest absolute Gasteiger partial charge is 0.491 e. The molecule has 8 heteroatoms. The predicted molar refractivity (Wildman–Crippen MR) is 141 cm³/mol. The van der Waals surface area contributed by atoms with Crippen LogP contribution < -0.4 is 4.74 Å². The van der Waals surface area contributed by atoms with E-state index in [1.807, 2.05) is 12.1 Å². The highest BCUT2D eigenvalue weighted by atomic mass is 16.6. The van der Waals surface area contributed by atoms with Gasteiger partial charge in [-0.15, -0.1) is 0 Å². The Morgan fingerprint density at radius 3 is 1.50 bits per heavy atom. The summed E-state index contributed by atoms with van der Waals surface area (Å²) >= 11 is 0. The van der Waals surface area contributed by atoms with Crippen LogP contribution in [-0.2, 0) is 34.8 Å². The van der Waals surface area contributed by atoms with Crippen molar-refractivity contribution in [2.45, 2.75) is 51.9 Å². The zero-order chi connectivity index (χ0) is 25.8. The summed E-state index contributed by atoms with van der Waals surface area (Å²) in [6, 6.07) is 8.32. The Labute approximate surface area is 218 Å². The van der Waals surface area contributed by atoms with Crippen LogP contribution in [-0.4, -0.2) is 97.6 Å². The summed E-state index contributed by atoms with van der Waals surface area (Å²) in [4.78, 5) is 0. The second-order valence-electron chi connectivity index (χ2n) is 8.37. The molecule has 0 aliphatic heterocycles. The molecule has 0 atom stereocenters. The molecule has 36 heavy (non-hydrogen) atoms. The SMILES string of the molecule is CCCCCCCCc1ccccc1OCCOCCOCCOCCOCCOCCOCCO. The standard InChI is InChI=1S/C28H50O8/c1-2-3-4-5-6-7-10-27-11-8-9-12-28(27)36-26-25-35-24-23-34-22-21-33-20-19-32-18-17-31-16-15-30-14-13-29/h8-9,11-12,29H,2-7,10,13-26H2,1H3. The molecule has 0 aliphatic rings. The van der Waals surface area contributed by atoms with Crippen molar-refractivity contribution in [3.05, 3.63) is 29.8 Å². The van der Waals surface area contributed by atoms with Gasteiger partial charge in [0, 0.05) is 0 Å². The fourth-order valence-corrected chi connectivity index (χ4v) is 3.42. The van der Waals surface area contributed by atoms with Crippen LogP contribution in [0.4, 0.5) is 0 Å². The molecule has 1 rings (SSSR count). The van der Waals surface area contributed by atoms with Crippen molar-refractivity contribution >= 4 is 0 Å². The molecule has 0 radical (unpaired) electrons. The second-order valence-corrected chi connectivity index (χ2v) is 8.37. The van der Waals surface area contributed by atoms with Crippen molar-refractivity contribution < 1.29 is 38.3 Å². The third kappa shape index (κ3) is 20.9. The van der Waals surface area contributed by atoms with Crippen molar-refractivity contribution in [3.8, 4) is 5.75 Å². The van der Waals surface area contributed by atoms with Gasteiger partial charge in [-0.3, -0.25) is 0 Å². The summed E-state index contributed by atoms with van der Waals surface area (Å²) in [5, 5.41) is 8.57. The number of aryl methyl sites for hydroxylation is 1. The summed E-state index contributed by atoms with van der Waals surface area (Å²) < 4.78 is 38.4. The molecular weight excluding hydrogens is 464 g/mol. The maximum atomic E-state index is 8.57. The molecule has 0 aliphatic carbocycles. The van der Waals surface area contributed by atoms with Gasteiger partial charge in [-0.2, -0.15) is 0 Å². The van der Waals surface area contributed by atoms with E-state index in [0.717, 1.165) is 12.2 Å². The fourth-order valence-electron chi connectivity index (χ4n) is 3.42. The minimum Gasteiger partial charge on any atom is -0.491 e. The quantitative estimate of drug-likeness (QED) is 0.168. The van der Waals surface area contributed by atoms with E-state index in [1.165, 1.54) is 44.1 Å². The lowest BCUT2D eigenvalue weighted by molar-refractivity contribution is -0.0191.